The summed E-state index contributed by atoms with van der Waals surface area (Å²) in [6.07, 6.45) is 0. The molecular weight excluding hydrogens is 240 g/mol. The van der Waals surface area contributed by atoms with Gasteiger partial charge in [-0.2, -0.15) is 0 Å². The minimum atomic E-state index is 0.0522. The summed E-state index contributed by atoms with van der Waals surface area (Å²) < 4.78 is 5.40. The van der Waals surface area contributed by atoms with Gasteiger partial charge in [-0.15, -0.1) is 0 Å². The van der Waals surface area contributed by atoms with Crippen molar-refractivity contribution in [3.05, 3.63) is 29.8 Å². The molecule has 4 heteroatoms. The second-order valence-electron chi connectivity index (χ2n) is 5.19. The quantitative estimate of drug-likeness (QED) is 0.903. The number of piperazine rings is 1. The zero-order valence-corrected chi connectivity index (χ0v) is 11.8. The number of amides is 1. The first-order valence-corrected chi connectivity index (χ1v) is 6.78. The molecular formula is C15H22N2O2. The lowest BCUT2D eigenvalue weighted by Crippen LogP contribution is -2.49. The van der Waals surface area contributed by atoms with E-state index in [1.54, 1.807) is 7.11 Å². The van der Waals surface area contributed by atoms with Gasteiger partial charge in [0, 0.05) is 31.1 Å². The van der Waals surface area contributed by atoms with Crippen LogP contribution in [0, 0.1) is 5.92 Å². The number of benzene rings is 1. The Kier molecular flexibility index (Phi) is 4.43. The van der Waals surface area contributed by atoms with Gasteiger partial charge in [0.15, 0.2) is 0 Å². The summed E-state index contributed by atoms with van der Waals surface area (Å²) in [5.74, 6) is 1.15. The first-order chi connectivity index (χ1) is 9.13. The second kappa shape index (κ2) is 6.06. The average molecular weight is 262 g/mol. The highest BCUT2D eigenvalue weighted by atomic mass is 16.5. The van der Waals surface area contributed by atoms with Gasteiger partial charge >= 0.3 is 0 Å². The molecule has 1 aliphatic rings. The molecule has 1 aliphatic heterocycles. The van der Waals surface area contributed by atoms with E-state index < -0.39 is 0 Å². The Hall–Kier alpha value is -1.55. The van der Waals surface area contributed by atoms with E-state index in [2.05, 4.69) is 11.4 Å². The third kappa shape index (κ3) is 3.07. The second-order valence-corrected chi connectivity index (χ2v) is 5.19. The Balaban J connectivity index is 2.15. The predicted octanol–water partition coefficient (Wildman–Crippen LogP) is 1.82. The van der Waals surface area contributed by atoms with Crippen molar-refractivity contribution in [1.29, 1.82) is 0 Å². The van der Waals surface area contributed by atoms with Crippen molar-refractivity contribution >= 4 is 5.91 Å². The van der Waals surface area contributed by atoms with Crippen LogP contribution in [0.5, 0.6) is 5.75 Å². The number of hydrogen-bond acceptors (Lipinski definition) is 3. The Morgan fingerprint density at radius 2 is 2.16 bits per heavy atom. The summed E-state index contributed by atoms with van der Waals surface area (Å²) in [7, 11) is 1.68. The molecule has 2 rings (SSSR count). The number of hydrogen-bond donors (Lipinski definition) is 1. The third-order valence-corrected chi connectivity index (χ3v) is 3.50. The van der Waals surface area contributed by atoms with Gasteiger partial charge in [-0.25, -0.2) is 0 Å². The Labute approximate surface area is 114 Å². The molecule has 0 bridgehead atoms. The van der Waals surface area contributed by atoms with Crippen LogP contribution in [-0.4, -0.2) is 37.6 Å². The third-order valence-electron chi connectivity index (χ3n) is 3.50. The van der Waals surface area contributed by atoms with Crippen LogP contribution >= 0.6 is 0 Å². The van der Waals surface area contributed by atoms with E-state index in [1.165, 1.54) is 0 Å². The number of rotatable bonds is 3. The number of carbonyl (C=O) groups is 1. The maximum absolute atomic E-state index is 12.1. The van der Waals surface area contributed by atoms with Gasteiger partial charge in [-0.1, -0.05) is 32.0 Å². The molecule has 1 N–H and O–H groups in total. The highest BCUT2D eigenvalue weighted by molar-refractivity contribution is 5.78. The molecule has 1 aromatic rings. The summed E-state index contributed by atoms with van der Waals surface area (Å²) in [6.45, 7) is 6.20. The van der Waals surface area contributed by atoms with E-state index in [9.17, 15) is 4.79 Å². The topological polar surface area (TPSA) is 41.6 Å². The molecule has 1 saturated heterocycles. The first kappa shape index (κ1) is 13.9. The lowest BCUT2D eigenvalue weighted by Gasteiger charge is -2.35. The van der Waals surface area contributed by atoms with Gasteiger partial charge in [0.05, 0.1) is 13.2 Å². The van der Waals surface area contributed by atoms with Gasteiger partial charge in [0.1, 0.15) is 5.75 Å². The van der Waals surface area contributed by atoms with Crippen LogP contribution in [0.3, 0.4) is 0 Å². The van der Waals surface area contributed by atoms with Crippen LogP contribution in [0.1, 0.15) is 25.5 Å². The molecule has 4 nitrogen and oxygen atoms in total. The molecule has 0 saturated carbocycles. The van der Waals surface area contributed by atoms with Gasteiger partial charge in [0.25, 0.3) is 0 Å². The lowest BCUT2D eigenvalue weighted by atomic mass is 10.0. The SMILES string of the molecule is COc1ccccc1C1CN(C(=O)C(C)C)CCN1. The number of ether oxygens (including phenoxy) is 1. The Morgan fingerprint density at radius 1 is 1.42 bits per heavy atom. The van der Waals surface area contributed by atoms with E-state index >= 15 is 0 Å². The van der Waals surface area contributed by atoms with E-state index in [0.717, 1.165) is 24.4 Å². The maximum atomic E-state index is 12.1. The molecule has 1 fully saturated rings. The summed E-state index contributed by atoms with van der Waals surface area (Å²) in [5.41, 5.74) is 1.12. The van der Waals surface area contributed by atoms with Crippen LogP contribution in [-0.2, 0) is 4.79 Å². The summed E-state index contributed by atoms with van der Waals surface area (Å²) in [6, 6.07) is 8.12. The van der Waals surface area contributed by atoms with Crippen LogP contribution in [0.15, 0.2) is 24.3 Å². The minimum absolute atomic E-state index is 0.0522. The summed E-state index contributed by atoms with van der Waals surface area (Å²) in [5, 5.41) is 3.46. The van der Waals surface area contributed by atoms with Crippen molar-refractivity contribution in [3.63, 3.8) is 0 Å². The zero-order chi connectivity index (χ0) is 13.8. The number of nitrogens with zero attached hydrogens (tertiary/aromatic N) is 1. The molecule has 1 amide bonds. The van der Waals surface area contributed by atoms with E-state index in [-0.39, 0.29) is 17.9 Å². The molecule has 1 atom stereocenters. The maximum Gasteiger partial charge on any atom is 0.225 e. The fourth-order valence-electron chi connectivity index (χ4n) is 2.48. The van der Waals surface area contributed by atoms with Gasteiger partial charge in [-0.3, -0.25) is 4.79 Å². The molecule has 104 valence electrons. The largest absolute Gasteiger partial charge is 0.496 e. The van der Waals surface area contributed by atoms with Crippen molar-refractivity contribution in [2.45, 2.75) is 19.9 Å². The monoisotopic (exact) mass is 262 g/mol. The number of methoxy groups -OCH3 is 1. The molecule has 0 spiro atoms. The molecule has 1 aromatic carbocycles. The molecule has 0 aromatic heterocycles. The van der Waals surface area contributed by atoms with Gasteiger partial charge in [0.2, 0.25) is 5.91 Å². The van der Waals surface area contributed by atoms with Crippen LogP contribution in [0.2, 0.25) is 0 Å². The molecule has 0 radical (unpaired) electrons. The van der Waals surface area contributed by atoms with E-state index in [1.807, 2.05) is 36.9 Å². The standard InChI is InChI=1S/C15H22N2O2/c1-11(2)15(18)17-9-8-16-13(10-17)12-6-4-5-7-14(12)19-3/h4-7,11,13,16H,8-10H2,1-3H3. The molecule has 1 heterocycles. The van der Waals surface area contributed by atoms with Gasteiger partial charge in [-0.05, 0) is 6.07 Å². The number of carbonyl (C=O) groups excluding carboxylic acids is 1. The lowest BCUT2D eigenvalue weighted by molar-refractivity contribution is -0.135. The molecule has 1 unspecified atom stereocenters. The highest BCUT2D eigenvalue weighted by Crippen LogP contribution is 2.27. The van der Waals surface area contributed by atoms with Crippen molar-refractivity contribution < 1.29 is 9.53 Å². The normalized spacial score (nSPS) is 19.6. The average Bonchev–Trinajstić information content (AvgIpc) is 2.46. The fourth-order valence-corrected chi connectivity index (χ4v) is 2.48. The summed E-state index contributed by atoms with van der Waals surface area (Å²) in [4.78, 5) is 14.0. The summed E-state index contributed by atoms with van der Waals surface area (Å²) >= 11 is 0. The minimum Gasteiger partial charge on any atom is -0.496 e. The van der Waals surface area contributed by atoms with Crippen molar-refractivity contribution in [2.24, 2.45) is 5.92 Å². The smallest absolute Gasteiger partial charge is 0.225 e. The number of nitrogens with one attached hydrogen (secondary N) is 1. The van der Waals surface area contributed by atoms with Crippen molar-refractivity contribution in [1.82, 2.24) is 10.2 Å². The first-order valence-electron chi connectivity index (χ1n) is 6.78. The Bertz CT molecular complexity index is 446. The highest BCUT2D eigenvalue weighted by Gasteiger charge is 2.26. The Morgan fingerprint density at radius 3 is 2.84 bits per heavy atom. The van der Waals surface area contributed by atoms with Crippen molar-refractivity contribution in [3.8, 4) is 5.75 Å². The number of para-hydroxylation sites is 1. The van der Waals surface area contributed by atoms with Crippen molar-refractivity contribution in [2.75, 3.05) is 26.7 Å². The van der Waals surface area contributed by atoms with Crippen LogP contribution in [0.25, 0.3) is 0 Å². The zero-order valence-electron chi connectivity index (χ0n) is 11.8. The van der Waals surface area contributed by atoms with Gasteiger partial charge < -0.3 is 15.0 Å². The van der Waals surface area contributed by atoms with E-state index in [4.69, 9.17) is 4.74 Å². The fraction of sp³-hybridized carbons (Fsp3) is 0.533. The van der Waals surface area contributed by atoms with E-state index in [0.29, 0.717) is 6.54 Å². The predicted molar refractivity (Wildman–Crippen MR) is 75.2 cm³/mol. The molecule has 0 aliphatic carbocycles. The van der Waals surface area contributed by atoms with Crippen LogP contribution < -0.4 is 10.1 Å². The van der Waals surface area contributed by atoms with Crippen LogP contribution in [0.4, 0.5) is 0 Å². The molecule has 19 heavy (non-hydrogen) atoms.